The highest BCUT2D eigenvalue weighted by Gasteiger charge is 2.34. The predicted molar refractivity (Wildman–Crippen MR) is 55.8 cm³/mol. The van der Waals surface area contributed by atoms with E-state index in [4.69, 9.17) is 0 Å². The number of hydrogen-bond acceptors (Lipinski definition) is 2. The zero-order chi connectivity index (χ0) is 9.26. The van der Waals surface area contributed by atoms with Crippen LogP contribution in [0.2, 0.25) is 0 Å². The summed E-state index contributed by atoms with van der Waals surface area (Å²) in [4.78, 5) is 2.71. The Bertz CT molecular complexity index is 167. The molecule has 1 aliphatic heterocycles. The van der Waals surface area contributed by atoms with Gasteiger partial charge in [0.25, 0.3) is 0 Å². The molecule has 76 valence electrons. The van der Waals surface area contributed by atoms with Crippen molar-refractivity contribution >= 4 is 0 Å². The maximum absolute atomic E-state index is 3.64. The van der Waals surface area contributed by atoms with Gasteiger partial charge in [-0.3, -0.25) is 4.90 Å². The van der Waals surface area contributed by atoms with E-state index < -0.39 is 0 Å². The second-order valence-electron chi connectivity index (χ2n) is 4.95. The fraction of sp³-hybridized carbons (Fsp3) is 1.00. The maximum atomic E-state index is 3.64. The van der Waals surface area contributed by atoms with Crippen LogP contribution in [-0.4, -0.2) is 36.6 Å². The molecule has 0 aromatic rings. The van der Waals surface area contributed by atoms with E-state index in [0.717, 1.165) is 18.0 Å². The number of rotatable bonds is 2. The van der Waals surface area contributed by atoms with Crippen LogP contribution in [0.25, 0.3) is 0 Å². The van der Waals surface area contributed by atoms with E-state index in [1.165, 1.54) is 38.9 Å². The summed E-state index contributed by atoms with van der Waals surface area (Å²) in [7, 11) is 0. The average molecular weight is 182 g/mol. The Balaban J connectivity index is 1.93. The van der Waals surface area contributed by atoms with E-state index in [9.17, 15) is 0 Å². The molecule has 2 atom stereocenters. The standard InChI is InChI=1S/C11H22N2/c1-9(2)8-13-7-6-12-10-4-3-5-11(10)13/h9-12H,3-8H2,1-2H3/t10-,11+/m0/s1. The van der Waals surface area contributed by atoms with E-state index in [1.807, 2.05) is 0 Å². The molecular formula is C11H22N2. The van der Waals surface area contributed by atoms with Gasteiger partial charge in [0, 0.05) is 31.7 Å². The van der Waals surface area contributed by atoms with Gasteiger partial charge in [0.05, 0.1) is 0 Å². The van der Waals surface area contributed by atoms with Gasteiger partial charge in [-0.25, -0.2) is 0 Å². The third-order valence-electron chi connectivity index (χ3n) is 3.35. The largest absolute Gasteiger partial charge is 0.311 e. The van der Waals surface area contributed by atoms with Crippen LogP contribution in [0.4, 0.5) is 0 Å². The van der Waals surface area contributed by atoms with Gasteiger partial charge in [-0.15, -0.1) is 0 Å². The van der Waals surface area contributed by atoms with Crippen molar-refractivity contribution in [2.45, 2.75) is 45.2 Å². The summed E-state index contributed by atoms with van der Waals surface area (Å²) in [6.07, 6.45) is 4.25. The van der Waals surface area contributed by atoms with Crippen molar-refractivity contribution in [2.75, 3.05) is 19.6 Å². The first-order valence-corrected chi connectivity index (χ1v) is 5.75. The van der Waals surface area contributed by atoms with Crippen LogP contribution in [0, 0.1) is 5.92 Å². The molecule has 1 heterocycles. The van der Waals surface area contributed by atoms with Crippen LogP contribution in [0.1, 0.15) is 33.1 Å². The van der Waals surface area contributed by atoms with Crippen molar-refractivity contribution in [2.24, 2.45) is 5.92 Å². The van der Waals surface area contributed by atoms with Crippen LogP contribution in [0.15, 0.2) is 0 Å². The van der Waals surface area contributed by atoms with Crippen LogP contribution >= 0.6 is 0 Å². The minimum absolute atomic E-state index is 0.812. The quantitative estimate of drug-likeness (QED) is 0.695. The summed E-state index contributed by atoms with van der Waals surface area (Å²) in [5.41, 5.74) is 0. The number of hydrogen-bond donors (Lipinski definition) is 1. The number of piperazine rings is 1. The molecule has 0 unspecified atom stereocenters. The van der Waals surface area contributed by atoms with E-state index in [-0.39, 0.29) is 0 Å². The Morgan fingerprint density at radius 3 is 3.00 bits per heavy atom. The lowest BCUT2D eigenvalue weighted by Crippen LogP contribution is -2.56. The molecule has 1 saturated carbocycles. The lowest BCUT2D eigenvalue weighted by Gasteiger charge is -2.39. The zero-order valence-corrected chi connectivity index (χ0v) is 8.92. The van der Waals surface area contributed by atoms with Crippen molar-refractivity contribution < 1.29 is 0 Å². The molecule has 2 heteroatoms. The number of fused-ring (bicyclic) bond motifs is 1. The molecule has 1 saturated heterocycles. The van der Waals surface area contributed by atoms with E-state index in [2.05, 4.69) is 24.1 Å². The van der Waals surface area contributed by atoms with Crippen molar-refractivity contribution in [1.82, 2.24) is 10.2 Å². The number of nitrogens with one attached hydrogen (secondary N) is 1. The van der Waals surface area contributed by atoms with E-state index >= 15 is 0 Å². The molecule has 13 heavy (non-hydrogen) atoms. The van der Waals surface area contributed by atoms with Gasteiger partial charge in [-0.1, -0.05) is 20.3 Å². The highest BCUT2D eigenvalue weighted by molar-refractivity contribution is 4.94. The lowest BCUT2D eigenvalue weighted by atomic mass is 10.1. The SMILES string of the molecule is CC(C)CN1CCN[C@H]2CCC[C@H]21. The molecule has 0 aromatic heterocycles. The Kier molecular flexibility index (Phi) is 2.89. The van der Waals surface area contributed by atoms with Gasteiger partial charge in [0.2, 0.25) is 0 Å². The monoisotopic (exact) mass is 182 g/mol. The topological polar surface area (TPSA) is 15.3 Å². The van der Waals surface area contributed by atoms with Gasteiger partial charge < -0.3 is 5.32 Å². The normalized spacial score (nSPS) is 35.3. The van der Waals surface area contributed by atoms with Crippen molar-refractivity contribution in [1.29, 1.82) is 0 Å². The Morgan fingerprint density at radius 1 is 1.38 bits per heavy atom. The fourth-order valence-electron chi connectivity index (χ4n) is 2.87. The fourth-order valence-corrected chi connectivity index (χ4v) is 2.87. The molecular weight excluding hydrogens is 160 g/mol. The van der Waals surface area contributed by atoms with E-state index in [1.54, 1.807) is 0 Å². The van der Waals surface area contributed by atoms with Gasteiger partial charge in [-0.2, -0.15) is 0 Å². The molecule has 1 aliphatic carbocycles. The molecule has 2 nitrogen and oxygen atoms in total. The third kappa shape index (κ3) is 2.05. The van der Waals surface area contributed by atoms with Crippen LogP contribution in [-0.2, 0) is 0 Å². The Hall–Kier alpha value is -0.0800. The molecule has 0 amide bonds. The second kappa shape index (κ2) is 3.97. The Labute approximate surface area is 81.7 Å². The molecule has 1 N–H and O–H groups in total. The summed E-state index contributed by atoms with van der Waals surface area (Å²) in [5.74, 6) is 0.819. The highest BCUT2D eigenvalue weighted by atomic mass is 15.2. The zero-order valence-electron chi connectivity index (χ0n) is 8.92. The van der Waals surface area contributed by atoms with Gasteiger partial charge in [0.1, 0.15) is 0 Å². The average Bonchev–Trinajstić information content (AvgIpc) is 2.51. The minimum Gasteiger partial charge on any atom is -0.311 e. The first kappa shape index (κ1) is 9.47. The smallest absolute Gasteiger partial charge is 0.0250 e. The summed E-state index contributed by atoms with van der Waals surface area (Å²) < 4.78 is 0. The molecule has 2 fully saturated rings. The van der Waals surface area contributed by atoms with Crippen LogP contribution in [0.5, 0.6) is 0 Å². The van der Waals surface area contributed by atoms with Crippen molar-refractivity contribution in [3.8, 4) is 0 Å². The molecule has 2 rings (SSSR count). The maximum Gasteiger partial charge on any atom is 0.0250 e. The van der Waals surface area contributed by atoms with Gasteiger partial charge >= 0.3 is 0 Å². The summed E-state index contributed by atoms with van der Waals surface area (Å²) in [5, 5.41) is 3.64. The Morgan fingerprint density at radius 2 is 2.23 bits per heavy atom. The summed E-state index contributed by atoms with van der Waals surface area (Å²) in [6, 6.07) is 1.67. The van der Waals surface area contributed by atoms with Crippen LogP contribution in [0.3, 0.4) is 0 Å². The minimum atomic E-state index is 0.812. The van der Waals surface area contributed by atoms with Crippen LogP contribution < -0.4 is 5.32 Å². The number of nitrogens with zero attached hydrogens (tertiary/aromatic N) is 1. The summed E-state index contributed by atoms with van der Waals surface area (Å²) >= 11 is 0. The van der Waals surface area contributed by atoms with E-state index in [0.29, 0.717) is 0 Å². The predicted octanol–water partition coefficient (Wildman–Crippen LogP) is 1.47. The molecule has 0 spiro atoms. The third-order valence-corrected chi connectivity index (χ3v) is 3.35. The first-order valence-electron chi connectivity index (χ1n) is 5.75. The highest BCUT2D eigenvalue weighted by Crippen LogP contribution is 2.26. The van der Waals surface area contributed by atoms with Gasteiger partial charge in [-0.05, 0) is 18.8 Å². The second-order valence-corrected chi connectivity index (χ2v) is 4.95. The molecule has 0 radical (unpaired) electrons. The molecule has 2 aliphatic rings. The molecule has 0 bridgehead atoms. The lowest BCUT2D eigenvalue weighted by molar-refractivity contribution is 0.122. The van der Waals surface area contributed by atoms with Crippen molar-refractivity contribution in [3.63, 3.8) is 0 Å². The van der Waals surface area contributed by atoms with Crippen molar-refractivity contribution in [3.05, 3.63) is 0 Å². The molecule has 0 aromatic carbocycles. The first-order chi connectivity index (χ1) is 6.27. The summed E-state index contributed by atoms with van der Waals surface area (Å²) in [6.45, 7) is 8.41. The van der Waals surface area contributed by atoms with Gasteiger partial charge in [0.15, 0.2) is 0 Å².